The molecule has 5 nitrogen and oxygen atoms in total. The van der Waals surface area contributed by atoms with Gasteiger partial charge in [-0.15, -0.1) is 11.8 Å². The molecule has 0 aliphatic carbocycles. The normalized spacial score (nSPS) is 12.6. The van der Waals surface area contributed by atoms with E-state index in [9.17, 15) is 10.1 Å². The molecule has 19 heavy (non-hydrogen) atoms. The first-order valence-corrected chi connectivity index (χ1v) is 6.86. The van der Waals surface area contributed by atoms with Gasteiger partial charge in [-0.2, -0.15) is 0 Å². The van der Waals surface area contributed by atoms with E-state index in [0.717, 1.165) is 10.7 Å². The van der Waals surface area contributed by atoms with Crippen LogP contribution in [0.1, 0.15) is 24.9 Å². The molecule has 1 atom stereocenters. The number of rotatable bonds is 5. The quantitative estimate of drug-likeness (QED) is 0.512. The lowest BCUT2D eigenvalue weighted by molar-refractivity contribution is -0.385. The monoisotopic (exact) mass is 277 g/mol. The zero-order valence-electron chi connectivity index (χ0n) is 10.7. The van der Waals surface area contributed by atoms with Crippen LogP contribution in [-0.2, 0) is 0 Å². The predicted octanol–water partition coefficient (Wildman–Crippen LogP) is 3.81. The SMILES string of the molecule is CC(C)C(Sc1cccc([N+](=O)[O-])c1)c1ncc[nH]1. The molecule has 1 unspecified atom stereocenters. The molecule has 0 fully saturated rings. The summed E-state index contributed by atoms with van der Waals surface area (Å²) in [5.41, 5.74) is 0.118. The number of non-ortho nitro benzene ring substituents is 1. The third kappa shape index (κ3) is 3.35. The zero-order valence-corrected chi connectivity index (χ0v) is 11.6. The van der Waals surface area contributed by atoms with Crippen molar-refractivity contribution in [3.63, 3.8) is 0 Å². The van der Waals surface area contributed by atoms with Crippen LogP contribution in [-0.4, -0.2) is 14.9 Å². The van der Waals surface area contributed by atoms with E-state index in [4.69, 9.17) is 0 Å². The van der Waals surface area contributed by atoms with Crippen molar-refractivity contribution >= 4 is 17.4 Å². The van der Waals surface area contributed by atoms with Crippen LogP contribution < -0.4 is 0 Å². The first-order chi connectivity index (χ1) is 9.08. The number of imidazole rings is 1. The van der Waals surface area contributed by atoms with Crippen molar-refractivity contribution in [2.75, 3.05) is 0 Å². The van der Waals surface area contributed by atoms with Gasteiger partial charge in [-0.05, 0) is 12.0 Å². The van der Waals surface area contributed by atoms with E-state index < -0.39 is 0 Å². The lowest BCUT2D eigenvalue weighted by Crippen LogP contribution is -2.04. The van der Waals surface area contributed by atoms with Crippen LogP contribution in [0.3, 0.4) is 0 Å². The fraction of sp³-hybridized carbons (Fsp3) is 0.308. The number of aromatic amines is 1. The highest BCUT2D eigenvalue weighted by atomic mass is 32.2. The van der Waals surface area contributed by atoms with Gasteiger partial charge in [0.15, 0.2) is 0 Å². The van der Waals surface area contributed by atoms with Gasteiger partial charge in [0.25, 0.3) is 5.69 Å². The molecule has 0 saturated carbocycles. The molecule has 0 spiro atoms. The first kappa shape index (κ1) is 13.6. The maximum atomic E-state index is 10.8. The number of aromatic nitrogens is 2. The molecule has 0 aliphatic rings. The van der Waals surface area contributed by atoms with Crippen LogP contribution in [0.4, 0.5) is 5.69 Å². The van der Waals surface area contributed by atoms with E-state index in [0.29, 0.717) is 5.92 Å². The summed E-state index contributed by atoms with van der Waals surface area (Å²) in [6.45, 7) is 4.22. The van der Waals surface area contributed by atoms with E-state index in [1.807, 2.05) is 6.07 Å². The summed E-state index contributed by atoms with van der Waals surface area (Å²) in [5, 5.41) is 10.9. The van der Waals surface area contributed by atoms with Crippen molar-refractivity contribution in [3.8, 4) is 0 Å². The Bertz CT molecular complexity index is 555. The lowest BCUT2D eigenvalue weighted by atomic mass is 10.1. The van der Waals surface area contributed by atoms with Crippen LogP contribution in [0.2, 0.25) is 0 Å². The highest BCUT2D eigenvalue weighted by molar-refractivity contribution is 7.99. The number of nitro groups is 1. The summed E-state index contributed by atoms with van der Waals surface area (Å²) >= 11 is 1.59. The standard InChI is InChI=1S/C13H15N3O2S/c1-9(2)12(13-14-6-7-15-13)19-11-5-3-4-10(8-11)16(17)18/h3-9,12H,1-2H3,(H,14,15). The molecule has 1 aromatic heterocycles. The number of hydrogen-bond acceptors (Lipinski definition) is 4. The van der Waals surface area contributed by atoms with Gasteiger partial charge < -0.3 is 4.98 Å². The Hall–Kier alpha value is -1.82. The Balaban J connectivity index is 2.22. The fourth-order valence-electron chi connectivity index (χ4n) is 1.76. The molecular weight excluding hydrogens is 262 g/mol. The topological polar surface area (TPSA) is 71.8 Å². The molecule has 1 aromatic carbocycles. The molecule has 1 N–H and O–H groups in total. The van der Waals surface area contributed by atoms with Gasteiger partial charge in [0.1, 0.15) is 5.82 Å². The summed E-state index contributed by atoms with van der Waals surface area (Å²) in [4.78, 5) is 18.7. The minimum atomic E-state index is -0.374. The smallest absolute Gasteiger partial charge is 0.270 e. The summed E-state index contributed by atoms with van der Waals surface area (Å²) in [6, 6.07) is 6.69. The van der Waals surface area contributed by atoms with Crippen LogP contribution in [0.5, 0.6) is 0 Å². The van der Waals surface area contributed by atoms with Crippen molar-refractivity contribution in [1.82, 2.24) is 9.97 Å². The van der Waals surface area contributed by atoms with E-state index in [2.05, 4.69) is 23.8 Å². The number of benzene rings is 1. The Morgan fingerprint density at radius 2 is 2.21 bits per heavy atom. The van der Waals surface area contributed by atoms with E-state index in [1.165, 1.54) is 6.07 Å². The third-order valence-corrected chi connectivity index (χ3v) is 4.23. The van der Waals surface area contributed by atoms with Gasteiger partial charge in [-0.3, -0.25) is 10.1 Å². The minimum Gasteiger partial charge on any atom is -0.348 e. The van der Waals surface area contributed by atoms with Gasteiger partial charge in [-0.25, -0.2) is 4.98 Å². The van der Waals surface area contributed by atoms with Crippen LogP contribution in [0.15, 0.2) is 41.6 Å². The van der Waals surface area contributed by atoms with Crippen LogP contribution in [0.25, 0.3) is 0 Å². The van der Waals surface area contributed by atoms with Crippen molar-refractivity contribution in [1.29, 1.82) is 0 Å². The molecule has 0 radical (unpaired) electrons. The zero-order chi connectivity index (χ0) is 13.8. The third-order valence-electron chi connectivity index (χ3n) is 2.69. The number of H-pyrrole nitrogens is 1. The molecule has 2 aromatic rings. The van der Waals surface area contributed by atoms with Crippen molar-refractivity contribution < 1.29 is 4.92 Å². The fourth-order valence-corrected chi connectivity index (χ4v) is 2.91. The second kappa shape index (κ2) is 5.88. The maximum Gasteiger partial charge on any atom is 0.270 e. The summed E-state index contributed by atoms with van der Waals surface area (Å²) in [6.07, 6.45) is 3.51. The van der Waals surface area contributed by atoms with Gasteiger partial charge >= 0.3 is 0 Å². The second-order valence-corrected chi connectivity index (χ2v) is 5.73. The summed E-state index contributed by atoms with van der Waals surface area (Å²) in [5.74, 6) is 1.27. The van der Waals surface area contributed by atoms with E-state index >= 15 is 0 Å². The molecule has 0 bridgehead atoms. The number of nitrogens with zero attached hydrogens (tertiary/aromatic N) is 2. The molecule has 100 valence electrons. The number of nitro benzene ring substituents is 1. The van der Waals surface area contributed by atoms with Crippen molar-refractivity contribution in [2.24, 2.45) is 5.92 Å². The molecule has 1 heterocycles. The molecule has 0 aliphatic heterocycles. The second-order valence-electron chi connectivity index (χ2n) is 4.51. The Labute approximate surface area is 115 Å². The number of nitrogens with one attached hydrogen (secondary N) is 1. The molecule has 2 rings (SSSR count). The lowest BCUT2D eigenvalue weighted by Gasteiger charge is -2.18. The summed E-state index contributed by atoms with van der Waals surface area (Å²) in [7, 11) is 0. The average molecular weight is 277 g/mol. The Kier molecular flexibility index (Phi) is 4.21. The molecule has 6 heteroatoms. The predicted molar refractivity (Wildman–Crippen MR) is 75.1 cm³/mol. The highest BCUT2D eigenvalue weighted by Gasteiger charge is 2.20. The van der Waals surface area contributed by atoms with E-state index in [-0.39, 0.29) is 15.9 Å². The van der Waals surface area contributed by atoms with Gasteiger partial charge in [0, 0.05) is 29.4 Å². The number of hydrogen-bond donors (Lipinski definition) is 1. The largest absolute Gasteiger partial charge is 0.348 e. The first-order valence-electron chi connectivity index (χ1n) is 5.98. The maximum absolute atomic E-state index is 10.8. The van der Waals surface area contributed by atoms with Gasteiger partial charge in [0.2, 0.25) is 0 Å². The molecular formula is C13H15N3O2S. The molecule has 0 saturated heterocycles. The van der Waals surface area contributed by atoms with Crippen LogP contribution in [0, 0.1) is 16.0 Å². The summed E-state index contributed by atoms with van der Waals surface area (Å²) < 4.78 is 0. The van der Waals surface area contributed by atoms with Crippen molar-refractivity contribution in [2.45, 2.75) is 24.0 Å². The molecule has 0 amide bonds. The average Bonchev–Trinajstić information content (AvgIpc) is 2.89. The van der Waals surface area contributed by atoms with Crippen molar-refractivity contribution in [3.05, 3.63) is 52.6 Å². The number of thioether (sulfide) groups is 1. The van der Waals surface area contributed by atoms with E-state index in [1.54, 1.807) is 36.3 Å². The minimum absolute atomic E-state index is 0.118. The Morgan fingerprint density at radius 3 is 2.79 bits per heavy atom. The van der Waals surface area contributed by atoms with Gasteiger partial charge in [-0.1, -0.05) is 19.9 Å². The van der Waals surface area contributed by atoms with Gasteiger partial charge in [0.05, 0.1) is 10.2 Å². The Morgan fingerprint density at radius 1 is 1.42 bits per heavy atom. The highest BCUT2D eigenvalue weighted by Crippen LogP contribution is 2.39. The van der Waals surface area contributed by atoms with Crippen LogP contribution >= 0.6 is 11.8 Å².